The smallest absolute Gasteiger partial charge is 0.344 e. The lowest BCUT2D eigenvalue weighted by atomic mass is 9.97. The maximum Gasteiger partial charge on any atom is 0.344 e. The number of nitrogens with one attached hydrogen (secondary N) is 1. The van der Waals surface area contributed by atoms with E-state index in [1.54, 1.807) is 24.3 Å². The summed E-state index contributed by atoms with van der Waals surface area (Å²) in [6.45, 7) is 1.94. The van der Waals surface area contributed by atoms with E-state index >= 15 is 0 Å². The van der Waals surface area contributed by atoms with Gasteiger partial charge in [0.05, 0.1) is 23.1 Å². The summed E-state index contributed by atoms with van der Waals surface area (Å²) in [4.78, 5) is 36.4. The highest BCUT2D eigenvalue weighted by Crippen LogP contribution is 2.33. The Labute approximate surface area is 182 Å². The molecule has 0 atom stereocenters. The molecule has 0 spiro atoms. The SMILES string of the molecule is COc1ccc([N+](=O)[O-])cc1NC(=O)c1oc(=O)c2ccccc2c1-c1ccc(C)cc1. The highest BCUT2D eigenvalue weighted by Gasteiger charge is 2.23. The van der Waals surface area contributed by atoms with Gasteiger partial charge in [-0.3, -0.25) is 14.9 Å². The molecule has 0 saturated heterocycles. The minimum absolute atomic E-state index is 0.0809. The lowest BCUT2D eigenvalue weighted by Crippen LogP contribution is -2.17. The summed E-state index contributed by atoms with van der Waals surface area (Å²) in [6.07, 6.45) is 0. The largest absolute Gasteiger partial charge is 0.495 e. The zero-order valence-electron chi connectivity index (χ0n) is 17.2. The van der Waals surface area contributed by atoms with Crippen molar-refractivity contribution >= 4 is 28.1 Å². The molecule has 0 aliphatic rings. The summed E-state index contributed by atoms with van der Waals surface area (Å²) in [5.41, 5.74) is 1.36. The lowest BCUT2D eigenvalue weighted by molar-refractivity contribution is -0.384. The van der Waals surface area contributed by atoms with Gasteiger partial charge in [-0.15, -0.1) is 0 Å². The minimum atomic E-state index is -0.734. The Morgan fingerprint density at radius 2 is 1.72 bits per heavy atom. The van der Waals surface area contributed by atoms with Crippen LogP contribution in [-0.2, 0) is 0 Å². The van der Waals surface area contributed by atoms with E-state index in [9.17, 15) is 19.7 Å². The number of non-ortho nitro benzene ring substituents is 1. The van der Waals surface area contributed by atoms with Gasteiger partial charge < -0.3 is 14.5 Å². The molecule has 4 aromatic rings. The maximum atomic E-state index is 13.3. The highest BCUT2D eigenvalue weighted by molar-refractivity contribution is 6.12. The highest BCUT2D eigenvalue weighted by atomic mass is 16.6. The quantitative estimate of drug-likeness (QED) is 0.355. The zero-order chi connectivity index (χ0) is 22.8. The summed E-state index contributed by atoms with van der Waals surface area (Å²) in [7, 11) is 1.38. The van der Waals surface area contributed by atoms with Gasteiger partial charge in [0.25, 0.3) is 11.6 Å². The average molecular weight is 430 g/mol. The average Bonchev–Trinajstić information content (AvgIpc) is 2.79. The summed E-state index contributed by atoms with van der Waals surface area (Å²) < 4.78 is 10.7. The van der Waals surface area contributed by atoms with Crippen LogP contribution in [-0.4, -0.2) is 17.9 Å². The van der Waals surface area contributed by atoms with Crippen molar-refractivity contribution < 1.29 is 18.9 Å². The molecule has 160 valence electrons. The molecule has 8 heteroatoms. The third-order valence-electron chi connectivity index (χ3n) is 5.03. The Bertz CT molecular complexity index is 1410. The number of nitro groups is 1. The molecule has 0 fully saturated rings. The van der Waals surface area contributed by atoms with Gasteiger partial charge in [0, 0.05) is 23.1 Å². The summed E-state index contributed by atoms with van der Waals surface area (Å²) in [5, 5.41) is 14.6. The number of methoxy groups -OCH3 is 1. The Balaban J connectivity index is 1.89. The van der Waals surface area contributed by atoms with Crippen LogP contribution < -0.4 is 15.7 Å². The van der Waals surface area contributed by atoms with Crippen LogP contribution in [0, 0.1) is 17.0 Å². The lowest BCUT2D eigenvalue weighted by Gasteiger charge is -2.13. The number of fused-ring (bicyclic) bond motifs is 1. The number of anilines is 1. The van der Waals surface area contributed by atoms with Crippen LogP contribution in [0.5, 0.6) is 5.75 Å². The third kappa shape index (κ3) is 3.81. The number of rotatable bonds is 5. The van der Waals surface area contributed by atoms with Gasteiger partial charge in [0.15, 0.2) is 0 Å². The monoisotopic (exact) mass is 430 g/mol. The van der Waals surface area contributed by atoms with Crippen LogP contribution in [0.15, 0.2) is 75.9 Å². The Kier molecular flexibility index (Phi) is 5.43. The molecule has 4 rings (SSSR count). The molecule has 32 heavy (non-hydrogen) atoms. The van der Waals surface area contributed by atoms with E-state index in [0.29, 0.717) is 21.9 Å². The van der Waals surface area contributed by atoms with Crippen molar-refractivity contribution in [2.45, 2.75) is 6.92 Å². The topological polar surface area (TPSA) is 112 Å². The Morgan fingerprint density at radius 3 is 2.38 bits per heavy atom. The van der Waals surface area contributed by atoms with Gasteiger partial charge in [-0.25, -0.2) is 4.79 Å². The van der Waals surface area contributed by atoms with Crippen LogP contribution in [0.3, 0.4) is 0 Å². The number of hydrogen-bond donors (Lipinski definition) is 1. The van der Waals surface area contributed by atoms with Crippen LogP contribution in [0.1, 0.15) is 16.1 Å². The first-order valence-corrected chi connectivity index (χ1v) is 9.65. The van der Waals surface area contributed by atoms with Gasteiger partial charge in [0.2, 0.25) is 5.76 Å². The fraction of sp³-hybridized carbons (Fsp3) is 0.0833. The van der Waals surface area contributed by atoms with Crippen molar-refractivity contribution in [3.8, 4) is 16.9 Å². The molecule has 3 aromatic carbocycles. The fourth-order valence-corrected chi connectivity index (χ4v) is 3.45. The number of carbonyl (C=O) groups is 1. The number of ether oxygens (including phenoxy) is 1. The van der Waals surface area contributed by atoms with E-state index in [1.807, 2.05) is 31.2 Å². The standard InChI is InChI=1S/C24H18N2O6/c1-14-7-9-15(10-8-14)21-17-5-3-4-6-18(17)24(28)32-22(21)23(27)25-19-13-16(26(29)30)11-12-20(19)31-2/h3-13H,1-2H3,(H,25,27). The van der Waals surface area contributed by atoms with Crippen molar-refractivity contribution in [3.05, 3.63) is 98.6 Å². The molecule has 0 saturated carbocycles. The summed E-state index contributed by atoms with van der Waals surface area (Å²) in [5.74, 6) is -0.711. The van der Waals surface area contributed by atoms with Gasteiger partial charge in [-0.2, -0.15) is 0 Å². The predicted octanol–water partition coefficient (Wildman–Crippen LogP) is 4.94. The van der Waals surface area contributed by atoms with Gasteiger partial charge in [-0.1, -0.05) is 48.0 Å². The molecule has 1 heterocycles. The normalized spacial score (nSPS) is 10.7. The van der Waals surface area contributed by atoms with Gasteiger partial charge >= 0.3 is 5.63 Å². The number of nitro benzene ring substituents is 1. The first-order chi connectivity index (χ1) is 15.4. The Morgan fingerprint density at radius 1 is 1.03 bits per heavy atom. The van der Waals surface area contributed by atoms with Crippen molar-refractivity contribution in [1.82, 2.24) is 0 Å². The van der Waals surface area contributed by atoms with E-state index in [0.717, 1.165) is 5.56 Å². The minimum Gasteiger partial charge on any atom is -0.495 e. The molecule has 0 radical (unpaired) electrons. The number of carbonyl (C=O) groups excluding carboxylic acids is 1. The molecular formula is C24H18N2O6. The maximum absolute atomic E-state index is 13.3. The van der Waals surface area contributed by atoms with Crippen molar-refractivity contribution in [2.24, 2.45) is 0 Å². The zero-order valence-corrected chi connectivity index (χ0v) is 17.2. The van der Waals surface area contributed by atoms with E-state index in [4.69, 9.17) is 9.15 Å². The van der Waals surface area contributed by atoms with E-state index in [-0.39, 0.29) is 22.9 Å². The van der Waals surface area contributed by atoms with E-state index < -0.39 is 16.5 Å². The molecule has 0 aliphatic carbocycles. The van der Waals surface area contributed by atoms with Crippen LogP contribution in [0.25, 0.3) is 21.9 Å². The van der Waals surface area contributed by atoms with Crippen molar-refractivity contribution in [3.63, 3.8) is 0 Å². The summed E-state index contributed by atoms with van der Waals surface area (Å²) >= 11 is 0. The Hall–Kier alpha value is -4.46. The number of benzene rings is 3. The van der Waals surface area contributed by atoms with Crippen LogP contribution in [0.4, 0.5) is 11.4 Å². The molecule has 0 unspecified atom stereocenters. The second-order valence-electron chi connectivity index (χ2n) is 7.10. The molecule has 0 bridgehead atoms. The number of amides is 1. The summed E-state index contributed by atoms with van der Waals surface area (Å²) in [6, 6.07) is 18.1. The molecule has 1 aromatic heterocycles. The van der Waals surface area contributed by atoms with Gasteiger partial charge in [-0.05, 0) is 24.6 Å². The van der Waals surface area contributed by atoms with Crippen LogP contribution in [0.2, 0.25) is 0 Å². The second kappa shape index (κ2) is 8.35. The van der Waals surface area contributed by atoms with Gasteiger partial charge in [0.1, 0.15) is 5.75 Å². The third-order valence-corrected chi connectivity index (χ3v) is 5.03. The first-order valence-electron chi connectivity index (χ1n) is 9.65. The molecule has 1 amide bonds. The van der Waals surface area contributed by atoms with E-state index in [1.165, 1.54) is 25.3 Å². The predicted molar refractivity (Wildman–Crippen MR) is 120 cm³/mol. The molecular weight excluding hydrogens is 412 g/mol. The van der Waals surface area contributed by atoms with E-state index in [2.05, 4.69) is 5.32 Å². The van der Waals surface area contributed by atoms with Crippen LogP contribution >= 0.6 is 0 Å². The molecule has 8 nitrogen and oxygen atoms in total. The van der Waals surface area contributed by atoms with Crippen molar-refractivity contribution in [2.75, 3.05) is 12.4 Å². The number of hydrogen-bond acceptors (Lipinski definition) is 6. The molecule has 1 N–H and O–H groups in total. The first kappa shape index (κ1) is 20.8. The number of nitrogens with zero attached hydrogens (tertiary/aromatic N) is 1. The fourth-order valence-electron chi connectivity index (χ4n) is 3.45. The second-order valence-corrected chi connectivity index (χ2v) is 7.10. The van der Waals surface area contributed by atoms with Crippen molar-refractivity contribution in [1.29, 1.82) is 0 Å². The molecule has 0 aliphatic heterocycles. The number of aryl methyl sites for hydroxylation is 1.